The first-order valence-electron chi connectivity index (χ1n) is 8.53. The van der Waals surface area contributed by atoms with Gasteiger partial charge < -0.3 is 14.9 Å². The highest BCUT2D eigenvalue weighted by molar-refractivity contribution is 5.92. The van der Waals surface area contributed by atoms with E-state index in [4.69, 9.17) is 4.52 Å². The Kier molecular flexibility index (Phi) is 4.26. The van der Waals surface area contributed by atoms with E-state index in [1.54, 1.807) is 23.9 Å². The van der Waals surface area contributed by atoms with Gasteiger partial charge >= 0.3 is 0 Å². The van der Waals surface area contributed by atoms with Crippen LogP contribution in [-0.4, -0.2) is 37.2 Å². The maximum atomic E-state index is 12.3. The molecule has 1 unspecified atom stereocenters. The molecule has 1 atom stereocenters. The van der Waals surface area contributed by atoms with E-state index in [1.807, 2.05) is 30.3 Å². The first-order chi connectivity index (χ1) is 12.6. The summed E-state index contributed by atoms with van der Waals surface area (Å²) in [6, 6.07) is 11.4. The van der Waals surface area contributed by atoms with Crippen LogP contribution in [0.15, 0.2) is 47.1 Å². The highest BCUT2D eigenvalue weighted by atomic mass is 16.5. The molecule has 2 heterocycles. The number of carbonyl (C=O) groups excluding carboxylic acids is 1. The van der Waals surface area contributed by atoms with E-state index in [0.717, 1.165) is 18.4 Å². The lowest BCUT2D eigenvalue weighted by atomic mass is 9.86. The van der Waals surface area contributed by atoms with Gasteiger partial charge in [0.15, 0.2) is 0 Å². The normalized spacial score (nSPS) is 20.4. The van der Waals surface area contributed by atoms with Crippen LogP contribution in [0.3, 0.4) is 0 Å². The third kappa shape index (κ3) is 3.11. The molecule has 0 aliphatic heterocycles. The molecule has 134 valence electrons. The SMILES string of the molecule is CC(O)c1cnnn1[C@H]1C[C@H](NC(=O)c2cc(-c3ccccc3)no2)C1. The number of hydrogen-bond acceptors (Lipinski definition) is 6. The standard InChI is InChI=1S/C18H19N5O3/c1-11(24)16-10-19-22-23(16)14-7-13(8-14)20-18(25)17-9-15(21-26-17)12-5-3-2-4-6-12/h2-6,9-11,13-14,24H,7-8H2,1H3,(H,20,25)/t11?,13-,14-. The number of aliphatic hydroxyl groups excluding tert-OH is 1. The number of benzene rings is 1. The van der Waals surface area contributed by atoms with Crippen LogP contribution < -0.4 is 5.32 Å². The van der Waals surface area contributed by atoms with Crippen molar-refractivity contribution in [2.75, 3.05) is 0 Å². The average molecular weight is 353 g/mol. The predicted molar refractivity (Wildman–Crippen MR) is 92.1 cm³/mol. The fourth-order valence-corrected chi connectivity index (χ4v) is 3.12. The van der Waals surface area contributed by atoms with Gasteiger partial charge in [-0.25, -0.2) is 4.68 Å². The fraction of sp³-hybridized carbons (Fsp3) is 0.333. The Bertz CT molecular complexity index is 896. The Labute approximate surface area is 149 Å². The molecule has 1 amide bonds. The van der Waals surface area contributed by atoms with Crippen molar-refractivity contribution in [2.24, 2.45) is 0 Å². The number of amides is 1. The second kappa shape index (κ2) is 6.72. The first kappa shape index (κ1) is 16.5. The predicted octanol–water partition coefficient (Wildman–Crippen LogP) is 2.12. The monoisotopic (exact) mass is 353 g/mol. The van der Waals surface area contributed by atoms with E-state index in [2.05, 4.69) is 20.8 Å². The average Bonchev–Trinajstić information content (AvgIpc) is 3.27. The fourth-order valence-electron chi connectivity index (χ4n) is 3.12. The van der Waals surface area contributed by atoms with E-state index in [0.29, 0.717) is 11.4 Å². The summed E-state index contributed by atoms with van der Waals surface area (Å²) in [6.45, 7) is 1.68. The molecule has 1 saturated carbocycles. The number of nitrogens with zero attached hydrogens (tertiary/aromatic N) is 4. The van der Waals surface area contributed by atoms with Crippen molar-refractivity contribution in [1.82, 2.24) is 25.5 Å². The van der Waals surface area contributed by atoms with Crippen LogP contribution in [0.2, 0.25) is 0 Å². The molecule has 2 aromatic heterocycles. The summed E-state index contributed by atoms with van der Waals surface area (Å²) < 4.78 is 6.91. The van der Waals surface area contributed by atoms with Gasteiger partial charge in [-0.2, -0.15) is 0 Å². The van der Waals surface area contributed by atoms with Gasteiger partial charge in [0.25, 0.3) is 5.91 Å². The van der Waals surface area contributed by atoms with Crippen molar-refractivity contribution < 1.29 is 14.4 Å². The lowest BCUT2D eigenvalue weighted by molar-refractivity contribution is 0.0842. The smallest absolute Gasteiger partial charge is 0.290 e. The molecule has 26 heavy (non-hydrogen) atoms. The molecule has 0 bridgehead atoms. The van der Waals surface area contributed by atoms with E-state index in [9.17, 15) is 9.90 Å². The van der Waals surface area contributed by atoms with Crippen molar-refractivity contribution in [3.05, 3.63) is 54.0 Å². The molecule has 1 fully saturated rings. The summed E-state index contributed by atoms with van der Waals surface area (Å²) >= 11 is 0. The highest BCUT2D eigenvalue weighted by Gasteiger charge is 2.34. The number of carbonyl (C=O) groups is 1. The van der Waals surface area contributed by atoms with Crippen molar-refractivity contribution in [3.63, 3.8) is 0 Å². The van der Waals surface area contributed by atoms with Crippen LogP contribution in [0.1, 0.15) is 48.2 Å². The Hall–Kier alpha value is -3.00. The molecule has 8 heteroatoms. The van der Waals surface area contributed by atoms with Crippen LogP contribution in [-0.2, 0) is 0 Å². The molecule has 0 spiro atoms. The topological polar surface area (TPSA) is 106 Å². The molecule has 0 saturated heterocycles. The summed E-state index contributed by atoms with van der Waals surface area (Å²) in [5.41, 5.74) is 2.21. The number of aliphatic hydroxyl groups is 1. The minimum absolute atomic E-state index is 0.0313. The quantitative estimate of drug-likeness (QED) is 0.728. The molecule has 1 aliphatic carbocycles. The van der Waals surface area contributed by atoms with Gasteiger partial charge in [0.2, 0.25) is 5.76 Å². The van der Waals surface area contributed by atoms with Gasteiger partial charge in [-0.05, 0) is 19.8 Å². The molecule has 3 aromatic rings. The van der Waals surface area contributed by atoms with Crippen molar-refractivity contribution in [1.29, 1.82) is 0 Å². The van der Waals surface area contributed by atoms with E-state index in [1.165, 1.54) is 0 Å². The third-order valence-electron chi connectivity index (χ3n) is 4.63. The van der Waals surface area contributed by atoms with Gasteiger partial charge in [-0.15, -0.1) is 5.10 Å². The van der Waals surface area contributed by atoms with Crippen molar-refractivity contribution in [3.8, 4) is 11.3 Å². The second-order valence-electron chi connectivity index (χ2n) is 6.52. The van der Waals surface area contributed by atoms with Crippen LogP contribution in [0, 0.1) is 0 Å². The van der Waals surface area contributed by atoms with Gasteiger partial charge in [0.1, 0.15) is 5.69 Å². The summed E-state index contributed by atoms with van der Waals surface area (Å²) in [4.78, 5) is 12.3. The minimum Gasteiger partial charge on any atom is -0.387 e. The zero-order valence-corrected chi connectivity index (χ0v) is 14.2. The van der Waals surface area contributed by atoms with E-state index in [-0.39, 0.29) is 23.8 Å². The lowest BCUT2D eigenvalue weighted by Crippen LogP contribution is -2.45. The maximum absolute atomic E-state index is 12.3. The molecule has 1 aliphatic rings. The maximum Gasteiger partial charge on any atom is 0.290 e. The minimum atomic E-state index is -0.621. The van der Waals surface area contributed by atoms with Gasteiger partial charge in [-0.3, -0.25) is 4.79 Å². The Morgan fingerprint density at radius 3 is 2.85 bits per heavy atom. The van der Waals surface area contributed by atoms with E-state index >= 15 is 0 Å². The molecule has 4 rings (SSSR count). The first-order valence-corrected chi connectivity index (χ1v) is 8.53. The van der Waals surface area contributed by atoms with Crippen molar-refractivity contribution in [2.45, 2.75) is 38.0 Å². The molecule has 0 radical (unpaired) electrons. The molecule has 2 N–H and O–H groups in total. The number of nitrogens with one attached hydrogen (secondary N) is 1. The van der Waals surface area contributed by atoms with Crippen LogP contribution in [0.25, 0.3) is 11.3 Å². The van der Waals surface area contributed by atoms with Crippen LogP contribution in [0.5, 0.6) is 0 Å². The van der Waals surface area contributed by atoms with Gasteiger partial charge in [0, 0.05) is 17.7 Å². The summed E-state index contributed by atoms with van der Waals surface area (Å²) in [5, 5.41) is 24.5. The number of hydrogen-bond donors (Lipinski definition) is 2. The third-order valence-corrected chi connectivity index (χ3v) is 4.63. The molecular formula is C18H19N5O3. The van der Waals surface area contributed by atoms with E-state index < -0.39 is 6.10 Å². The molecule has 1 aromatic carbocycles. The highest BCUT2D eigenvalue weighted by Crippen LogP contribution is 2.33. The lowest BCUT2D eigenvalue weighted by Gasteiger charge is -2.36. The Morgan fingerprint density at radius 2 is 2.12 bits per heavy atom. The number of rotatable bonds is 5. The molecular weight excluding hydrogens is 334 g/mol. The second-order valence-corrected chi connectivity index (χ2v) is 6.52. The van der Waals surface area contributed by atoms with Crippen LogP contribution in [0.4, 0.5) is 0 Å². The van der Waals surface area contributed by atoms with Crippen molar-refractivity contribution >= 4 is 5.91 Å². The zero-order chi connectivity index (χ0) is 18.1. The zero-order valence-electron chi connectivity index (χ0n) is 14.2. The molecule has 8 nitrogen and oxygen atoms in total. The summed E-state index contributed by atoms with van der Waals surface area (Å²) in [5.74, 6) is -0.0878. The number of aromatic nitrogens is 4. The summed E-state index contributed by atoms with van der Waals surface area (Å²) in [7, 11) is 0. The Morgan fingerprint density at radius 1 is 1.35 bits per heavy atom. The van der Waals surface area contributed by atoms with Gasteiger partial charge in [0.05, 0.1) is 24.0 Å². The Balaban J connectivity index is 1.36. The van der Waals surface area contributed by atoms with Gasteiger partial charge in [-0.1, -0.05) is 40.7 Å². The van der Waals surface area contributed by atoms with Crippen LogP contribution >= 0.6 is 0 Å². The largest absolute Gasteiger partial charge is 0.387 e. The summed E-state index contributed by atoms with van der Waals surface area (Å²) in [6.07, 6.45) is 2.41.